The minimum Gasteiger partial charge on any atom is -0.371 e. The predicted molar refractivity (Wildman–Crippen MR) is 82.5 cm³/mol. The first kappa shape index (κ1) is 16.4. The highest BCUT2D eigenvalue weighted by atomic mass is 79.9. The van der Waals surface area contributed by atoms with E-state index in [1.807, 2.05) is 6.92 Å². The lowest BCUT2D eigenvalue weighted by Gasteiger charge is -2.17. The van der Waals surface area contributed by atoms with Crippen LogP contribution in [0.3, 0.4) is 0 Å². The van der Waals surface area contributed by atoms with Gasteiger partial charge in [0.25, 0.3) is 0 Å². The molecule has 0 spiro atoms. The number of ether oxygens (including phenoxy) is 1. The van der Waals surface area contributed by atoms with Crippen molar-refractivity contribution in [2.75, 3.05) is 18.5 Å². The van der Waals surface area contributed by atoms with E-state index in [4.69, 9.17) is 4.74 Å². The molecule has 0 saturated heterocycles. The van der Waals surface area contributed by atoms with Gasteiger partial charge in [0.05, 0.1) is 10.2 Å². The minimum atomic E-state index is -0.0221. The van der Waals surface area contributed by atoms with Gasteiger partial charge in [-0.2, -0.15) is 0 Å². The maximum Gasteiger partial charge on any atom is 0.159 e. The summed E-state index contributed by atoms with van der Waals surface area (Å²) in [4.78, 5) is 9.27. The second kappa shape index (κ2) is 8.48. The van der Waals surface area contributed by atoms with E-state index >= 15 is 0 Å². The normalized spacial score (nSPS) is 12.5. The standard InChI is InChI=1S/C14H24BrN3O/c1-5-9-10-12(15)14(16-7-3)18-13(17-10)11(6-2)19-8-4/h11H,5-9H2,1-4H3,(H,16,17,18). The summed E-state index contributed by atoms with van der Waals surface area (Å²) in [5, 5.41) is 3.28. The van der Waals surface area contributed by atoms with Gasteiger partial charge in [-0.1, -0.05) is 20.3 Å². The molecular formula is C14H24BrN3O. The van der Waals surface area contributed by atoms with E-state index in [2.05, 4.69) is 52.0 Å². The first-order chi connectivity index (χ1) is 9.17. The third kappa shape index (κ3) is 4.42. The van der Waals surface area contributed by atoms with Gasteiger partial charge in [0.1, 0.15) is 11.9 Å². The smallest absolute Gasteiger partial charge is 0.159 e. The van der Waals surface area contributed by atoms with Crippen LogP contribution in [0.15, 0.2) is 4.47 Å². The maximum absolute atomic E-state index is 5.72. The van der Waals surface area contributed by atoms with Crippen LogP contribution >= 0.6 is 15.9 Å². The van der Waals surface area contributed by atoms with Gasteiger partial charge in [0, 0.05) is 13.2 Å². The summed E-state index contributed by atoms with van der Waals surface area (Å²) in [6.45, 7) is 9.83. The van der Waals surface area contributed by atoms with E-state index in [1.54, 1.807) is 0 Å². The summed E-state index contributed by atoms with van der Waals surface area (Å²) in [6, 6.07) is 0. The average molecular weight is 330 g/mol. The molecule has 1 N–H and O–H groups in total. The van der Waals surface area contributed by atoms with Crippen molar-refractivity contribution in [1.29, 1.82) is 0 Å². The molecule has 0 aliphatic heterocycles. The second-order valence-electron chi connectivity index (χ2n) is 4.32. The number of nitrogens with one attached hydrogen (secondary N) is 1. The molecule has 1 rings (SSSR count). The Morgan fingerprint density at radius 3 is 2.47 bits per heavy atom. The number of anilines is 1. The van der Waals surface area contributed by atoms with Gasteiger partial charge in [-0.15, -0.1) is 0 Å². The van der Waals surface area contributed by atoms with Gasteiger partial charge in [-0.25, -0.2) is 9.97 Å². The van der Waals surface area contributed by atoms with Crippen molar-refractivity contribution in [2.45, 2.75) is 53.1 Å². The molecule has 1 aromatic rings. The number of nitrogens with zero attached hydrogens (tertiary/aromatic N) is 2. The van der Waals surface area contributed by atoms with Crippen LogP contribution in [0, 0.1) is 0 Å². The number of hydrogen-bond donors (Lipinski definition) is 1. The van der Waals surface area contributed by atoms with Crippen LogP contribution in [0.4, 0.5) is 5.82 Å². The SMILES string of the molecule is CCCc1nc(C(CC)OCC)nc(NCC)c1Br. The zero-order valence-electron chi connectivity index (χ0n) is 12.3. The Labute approximate surface area is 124 Å². The van der Waals surface area contributed by atoms with E-state index in [0.717, 1.165) is 47.6 Å². The highest BCUT2D eigenvalue weighted by Gasteiger charge is 2.17. The third-order valence-corrected chi connectivity index (χ3v) is 3.63. The van der Waals surface area contributed by atoms with Gasteiger partial charge < -0.3 is 10.1 Å². The lowest BCUT2D eigenvalue weighted by Crippen LogP contribution is -2.13. The number of aromatic nitrogens is 2. The Bertz CT molecular complexity index is 371. The summed E-state index contributed by atoms with van der Waals surface area (Å²) in [7, 11) is 0. The summed E-state index contributed by atoms with van der Waals surface area (Å²) in [6.07, 6.45) is 2.86. The van der Waals surface area contributed by atoms with Crippen molar-refractivity contribution in [3.8, 4) is 0 Å². The molecule has 1 atom stereocenters. The molecule has 0 aliphatic carbocycles. The van der Waals surface area contributed by atoms with E-state index in [-0.39, 0.29) is 6.10 Å². The van der Waals surface area contributed by atoms with Crippen LogP contribution in [-0.2, 0) is 11.2 Å². The van der Waals surface area contributed by atoms with E-state index in [0.29, 0.717) is 6.61 Å². The van der Waals surface area contributed by atoms with E-state index < -0.39 is 0 Å². The molecule has 0 bridgehead atoms. The topological polar surface area (TPSA) is 47.0 Å². The molecule has 5 heteroatoms. The first-order valence-corrected chi connectivity index (χ1v) is 7.88. The molecule has 1 aromatic heterocycles. The van der Waals surface area contributed by atoms with Crippen LogP contribution in [0.5, 0.6) is 0 Å². The van der Waals surface area contributed by atoms with Gasteiger partial charge in [-0.05, 0) is 42.6 Å². The van der Waals surface area contributed by atoms with Crippen molar-refractivity contribution in [1.82, 2.24) is 9.97 Å². The summed E-state index contributed by atoms with van der Waals surface area (Å²) in [5.74, 6) is 1.65. The predicted octanol–water partition coefficient (Wildman–Crippen LogP) is 4.11. The molecule has 0 saturated carbocycles. The monoisotopic (exact) mass is 329 g/mol. The Morgan fingerprint density at radius 1 is 1.21 bits per heavy atom. The van der Waals surface area contributed by atoms with Crippen LogP contribution in [0.25, 0.3) is 0 Å². The van der Waals surface area contributed by atoms with Crippen molar-refractivity contribution >= 4 is 21.7 Å². The number of rotatable bonds is 8. The quantitative estimate of drug-likeness (QED) is 0.779. The van der Waals surface area contributed by atoms with Crippen LogP contribution in [0.2, 0.25) is 0 Å². The zero-order chi connectivity index (χ0) is 14.3. The van der Waals surface area contributed by atoms with Gasteiger partial charge in [0.2, 0.25) is 0 Å². The fourth-order valence-electron chi connectivity index (χ4n) is 1.92. The second-order valence-corrected chi connectivity index (χ2v) is 5.12. The minimum absolute atomic E-state index is 0.0221. The van der Waals surface area contributed by atoms with Crippen LogP contribution in [-0.4, -0.2) is 23.1 Å². The third-order valence-electron chi connectivity index (χ3n) is 2.79. The fraction of sp³-hybridized carbons (Fsp3) is 0.714. The molecule has 1 heterocycles. The van der Waals surface area contributed by atoms with Gasteiger partial charge in [-0.3, -0.25) is 0 Å². The molecular weight excluding hydrogens is 306 g/mol. The summed E-state index contributed by atoms with van der Waals surface area (Å²) >= 11 is 3.60. The number of hydrogen-bond acceptors (Lipinski definition) is 4. The van der Waals surface area contributed by atoms with Crippen molar-refractivity contribution in [3.63, 3.8) is 0 Å². The summed E-state index contributed by atoms with van der Waals surface area (Å²) < 4.78 is 6.69. The largest absolute Gasteiger partial charge is 0.371 e. The molecule has 0 radical (unpaired) electrons. The highest BCUT2D eigenvalue weighted by Crippen LogP contribution is 2.28. The van der Waals surface area contributed by atoms with Gasteiger partial charge >= 0.3 is 0 Å². The Balaban J connectivity index is 3.15. The zero-order valence-corrected chi connectivity index (χ0v) is 13.9. The number of aryl methyl sites for hydroxylation is 1. The Hall–Kier alpha value is -0.680. The van der Waals surface area contributed by atoms with Crippen molar-refractivity contribution < 1.29 is 4.74 Å². The molecule has 108 valence electrons. The van der Waals surface area contributed by atoms with E-state index in [1.165, 1.54) is 0 Å². The molecule has 0 fully saturated rings. The molecule has 0 amide bonds. The first-order valence-electron chi connectivity index (χ1n) is 7.09. The molecule has 0 aliphatic rings. The Morgan fingerprint density at radius 2 is 1.95 bits per heavy atom. The molecule has 0 aromatic carbocycles. The maximum atomic E-state index is 5.72. The number of halogens is 1. The average Bonchev–Trinajstić information content (AvgIpc) is 2.41. The van der Waals surface area contributed by atoms with Crippen LogP contribution < -0.4 is 5.32 Å². The van der Waals surface area contributed by atoms with Crippen LogP contribution in [0.1, 0.15) is 58.2 Å². The summed E-state index contributed by atoms with van der Waals surface area (Å²) in [5.41, 5.74) is 1.06. The van der Waals surface area contributed by atoms with Crippen molar-refractivity contribution in [2.24, 2.45) is 0 Å². The molecule has 19 heavy (non-hydrogen) atoms. The van der Waals surface area contributed by atoms with Gasteiger partial charge in [0.15, 0.2) is 5.82 Å². The molecule has 1 unspecified atom stereocenters. The van der Waals surface area contributed by atoms with E-state index in [9.17, 15) is 0 Å². The lowest BCUT2D eigenvalue weighted by molar-refractivity contribution is 0.0534. The Kier molecular flexibility index (Phi) is 7.31. The molecule has 4 nitrogen and oxygen atoms in total. The fourth-order valence-corrected chi connectivity index (χ4v) is 2.44. The highest BCUT2D eigenvalue weighted by molar-refractivity contribution is 9.10. The van der Waals surface area contributed by atoms with Crippen molar-refractivity contribution in [3.05, 3.63) is 16.0 Å². The lowest BCUT2D eigenvalue weighted by atomic mass is 10.2.